The Kier molecular flexibility index (Phi) is 4.06. The molecule has 20 heavy (non-hydrogen) atoms. The van der Waals surface area contributed by atoms with Gasteiger partial charge in [0, 0.05) is 18.5 Å². The van der Waals surface area contributed by atoms with E-state index in [1.807, 2.05) is 0 Å². The molecule has 1 aliphatic heterocycles. The molecule has 0 amide bonds. The van der Waals surface area contributed by atoms with E-state index in [4.69, 9.17) is 11.1 Å². The van der Waals surface area contributed by atoms with Crippen LogP contribution < -0.4 is 5.73 Å². The Morgan fingerprint density at radius 2 is 1.95 bits per heavy atom. The summed E-state index contributed by atoms with van der Waals surface area (Å²) in [5.74, 6) is 1.18. The summed E-state index contributed by atoms with van der Waals surface area (Å²) in [4.78, 5) is 2.65. The van der Waals surface area contributed by atoms with E-state index in [0.717, 1.165) is 12.5 Å². The van der Waals surface area contributed by atoms with Crippen LogP contribution in [0.3, 0.4) is 0 Å². The first-order valence-corrected chi connectivity index (χ1v) is 7.89. The molecule has 0 bridgehead atoms. The number of piperidine rings is 1. The van der Waals surface area contributed by atoms with Crippen LogP contribution in [0, 0.1) is 11.3 Å². The van der Waals surface area contributed by atoms with Crippen molar-refractivity contribution in [3.8, 4) is 0 Å². The Morgan fingerprint density at radius 3 is 2.70 bits per heavy atom. The summed E-state index contributed by atoms with van der Waals surface area (Å²) in [5, 5.41) is 7.73. The van der Waals surface area contributed by atoms with Crippen molar-refractivity contribution in [2.75, 3.05) is 6.54 Å². The number of likely N-dealkylation sites (tertiary alicyclic amines) is 1. The van der Waals surface area contributed by atoms with E-state index in [1.165, 1.54) is 37.7 Å². The molecule has 1 heterocycles. The third kappa shape index (κ3) is 2.73. The smallest absolute Gasteiger partial charge is 0.0924 e. The molecular weight excluding hydrogens is 246 g/mol. The number of hydrogen-bond acceptors (Lipinski definition) is 2. The molecule has 2 fully saturated rings. The average Bonchev–Trinajstić information content (AvgIpc) is 2.94. The standard InChI is InChI=1S/C17H25N3/c18-17(19)12-16(14-6-2-1-3-7-14)20-11-5-9-13-8-4-10-15(13)20/h1-3,6-7,13,15-16H,4-5,8-12H2,(H3,18,19). The van der Waals surface area contributed by atoms with Gasteiger partial charge in [-0.15, -0.1) is 0 Å². The molecule has 3 heteroatoms. The second-order valence-electron chi connectivity index (χ2n) is 6.29. The second kappa shape index (κ2) is 5.96. The zero-order valence-corrected chi connectivity index (χ0v) is 12.1. The van der Waals surface area contributed by atoms with Gasteiger partial charge in [-0.25, -0.2) is 0 Å². The van der Waals surface area contributed by atoms with Gasteiger partial charge >= 0.3 is 0 Å². The van der Waals surface area contributed by atoms with Crippen molar-refractivity contribution in [3.05, 3.63) is 35.9 Å². The van der Waals surface area contributed by atoms with Crippen LogP contribution in [0.1, 0.15) is 50.1 Å². The summed E-state index contributed by atoms with van der Waals surface area (Å²) in [6, 6.07) is 11.6. The molecule has 1 saturated heterocycles. The second-order valence-corrected chi connectivity index (χ2v) is 6.29. The molecule has 108 valence electrons. The van der Waals surface area contributed by atoms with Crippen molar-refractivity contribution in [2.45, 2.75) is 50.6 Å². The topological polar surface area (TPSA) is 53.1 Å². The van der Waals surface area contributed by atoms with Gasteiger partial charge in [0.2, 0.25) is 0 Å². The summed E-state index contributed by atoms with van der Waals surface area (Å²) < 4.78 is 0. The van der Waals surface area contributed by atoms with Gasteiger partial charge in [0.15, 0.2) is 0 Å². The highest BCUT2D eigenvalue weighted by atomic mass is 15.2. The summed E-state index contributed by atoms with van der Waals surface area (Å²) in [6.07, 6.45) is 7.43. The number of fused-ring (bicyclic) bond motifs is 1. The number of amidine groups is 1. The molecule has 0 aromatic heterocycles. The van der Waals surface area contributed by atoms with Crippen LogP contribution in [0.5, 0.6) is 0 Å². The Hall–Kier alpha value is -1.35. The largest absolute Gasteiger partial charge is 0.388 e. The molecule has 0 radical (unpaired) electrons. The zero-order valence-electron chi connectivity index (χ0n) is 12.1. The molecular formula is C17H25N3. The third-order valence-electron chi connectivity index (χ3n) is 5.03. The van der Waals surface area contributed by atoms with Gasteiger partial charge in [-0.3, -0.25) is 10.3 Å². The summed E-state index contributed by atoms with van der Waals surface area (Å²) in [5.41, 5.74) is 7.05. The SMILES string of the molecule is N=C(N)CC(c1ccccc1)N1CCCC2CCCC21. The van der Waals surface area contributed by atoms with Crippen molar-refractivity contribution >= 4 is 5.84 Å². The van der Waals surface area contributed by atoms with Crippen LogP contribution in [-0.4, -0.2) is 23.3 Å². The Labute approximate surface area is 121 Å². The number of rotatable bonds is 4. The maximum atomic E-state index is 7.73. The van der Waals surface area contributed by atoms with Crippen molar-refractivity contribution in [3.63, 3.8) is 0 Å². The molecule has 3 atom stereocenters. The van der Waals surface area contributed by atoms with E-state index < -0.39 is 0 Å². The van der Waals surface area contributed by atoms with Gasteiger partial charge in [-0.1, -0.05) is 36.8 Å². The van der Waals surface area contributed by atoms with E-state index in [-0.39, 0.29) is 0 Å². The van der Waals surface area contributed by atoms with Gasteiger partial charge in [0.1, 0.15) is 0 Å². The van der Waals surface area contributed by atoms with Crippen LogP contribution in [0.25, 0.3) is 0 Å². The minimum absolute atomic E-state index is 0.291. The lowest BCUT2D eigenvalue weighted by Gasteiger charge is -2.43. The fourth-order valence-corrected chi connectivity index (χ4v) is 4.19. The number of nitrogens with two attached hydrogens (primary N) is 1. The first kappa shape index (κ1) is 13.6. The normalized spacial score (nSPS) is 28.0. The van der Waals surface area contributed by atoms with Crippen LogP contribution >= 0.6 is 0 Å². The van der Waals surface area contributed by atoms with Crippen molar-refractivity contribution in [1.82, 2.24) is 4.90 Å². The van der Waals surface area contributed by atoms with Gasteiger partial charge in [0.25, 0.3) is 0 Å². The first-order chi connectivity index (χ1) is 9.75. The fourth-order valence-electron chi connectivity index (χ4n) is 4.19. The molecule has 1 saturated carbocycles. The molecule has 3 nitrogen and oxygen atoms in total. The zero-order chi connectivity index (χ0) is 13.9. The van der Waals surface area contributed by atoms with E-state index >= 15 is 0 Å². The Balaban J connectivity index is 1.86. The highest BCUT2D eigenvalue weighted by Crippen LogP contribution is 2.41. The molecule has 1 aliphatic carbocycles. The number of nitrogens with one attached hydrogen (secondary N) is 1. The van der Waals surface area contributed by atoms with Gasteiger partial charge in [-0.05, 0) is 43.7 Å². The molecule has 3 rings (SSSR count). The van der Waals surface area contributed by atoms with E-state index in [1.54, 1.807) is 0 Å². The fraction of sp³-hybridized carbons (Fsp3) is 0.588. The van der Waals surface area contributed by atoms with Gasteiger partial charge in [-0.2, -0.15) is 0 Å². The van der Waals surface area contributed by atoms with Crippen molar-refractivity contribution in [1.29, 1.82) is 5.41 Å². The average molecular weight is 271 g/mol. The highest BCUT2D eigenvalue weighted by Gasteiger charge is 2.38. The summed E-state index contributed by atoms with van der Waals surface area (Å²) >= 11 is 0. The summed E-state index contributed by atoms with van der Waals surface area (Å²) in [7, 11) is 0. The predicted molar refractivity (Wildman–Crippen MR) is 82.8 cm³/mol. The number of nitrogens with zero attached hydrogens (tertiary/aromatic N) is 1. The van der Waals surface area contributed by atoms with Crippen molar-refractivity contribution < 1.29 is 0 Å². The van der Waals surface area contributed by atoms with E-state index in [0.29, 0.717) is 24.3 Å². The third-order valence-corrected chi connectivity index (χ3v) is 5.03. The highest BCUT2D eigenvalue weighted by molar-refractivity contribution is 5.77. The molecule has 2 aliphatic rings. The van der Waals surface area contributed by atoms with E-state index in [9.17, 15) is 0 Å². The van der Waals surface area contributed by atoms with Crippen LogP contribution in [0.2, 0.25) is 0 Å². The lowest BCUT2D eigenvalue weighted by atomic mass is 9.88. The van der Waals surface area contributed by atoms with Gasteiger partial charge in [0.05, 0.1) is 5.84 Å². The quantitative estimate of drug-likeness (QED) is 0.652. The molecule has 3 N–H and O–H groups in total. The molecule has 1 aromatic carbocycles. The maximum absolute atomic E-state index is 7.73. The van der Waals surface area contributed by atoms with E-state index in [2.05, 4.69) is 35.2 Å². The first-order valence-electron chi connectivity index (χ1n) is 7.89. The Morgan fingerprint density at radius 1 is 1.20 bits per heavy atom. The molecule has 1 aromatic rings. The predicted octanol–water partition coefficient (Wildman–Crippen LogP) is 3.32. The lowest BCUT2D eigenvalue weighted by molar-refractivity contribution is 0.0693. The summed E-state index contributed by atoms with van der Waals surface area (Å²) in [6.45, 7) is 1.16. The monoisotopic (exact) mass is 271 g/mol. The van der Waals surface area contributed by atoms with Gasteiger partial charge < -0.3 is 5.73 Å². The van der Waals surface area contributed by atoms with Crippen LogP contribution in [-0.2, 0) is 0 Å². The minimum Gasteiger partial charge on any atom is -0.388 e. The van der Waals surface area contributed by atoms with Crippen LogP contribution in [0.15, 0.2) is 30.3 Å². The maximum Gasteiger partial charge on any atom is 0.0924 e. The van der Waals surface area contributed by atoms with Crippen LogP contribution in [0.4, 0.5) is 0 Å². The van der Waals surface area contributed by atoms with Crippen molar-refractivity contribution in [2.24, 2.45) is 11.7 Å². The number of hydrogen-bond donors (Lipinski definition) is 2. The minimum atomic E-state index is 0.291. The number of benzene rings is 1. The Bertz CT molecular complexity index is 457. The molecule has 0 spiro atoms. The lowest BCUT2D eigenvalue weighted by Crippen LogP contribution is -2.45. The molecule has 3 unspecified atom stereocenters.